The van der Waals surface area contributed by atoms with Gasteiger partial charge in [-0.05, 0) is 87.5 Å². The van der Waals surface area contributed by atoms with E-state index >= 15 is 0 Å². The predicted molar refractivity (Wildman–Crippen MR) is 194 cm³/mol. The van der Waals surface area contributed by atoms with Gasteiger partial charge in [0.2, 0.25) is 11.8 Å². The number of aliphatic carboxylic acids is 1. The Kier molecular flexibility index (Phi) is 9.92. The van der Waals surface area contributed by atoms with Gasteiger partial charge in [0, 0.05) is 13.0 Å². The molecule has 2 aliphatic rings. The molecule has 2 atom stereocenters. The van der Waals surface area contributed by atoms with E-state index in [0.717, 1.165) is 64.3 Å². The number of hydrogen-bond acceptors (Lipinski definition) is 4. The number of carboxylic acids is 1. The van der Waals surface area contributed by atoms with Crippen LogP contribution in [0.1, 0.15) is 72.9 Å². The lowest BCUT2D eigenvalue weighted by Crippen LogP contribution is -2.48. The number of nitrogens with one attached hydrogen (secondary N) is 1. The second-order valence-corrected chi connectivity index (χ2v) is 13.6. The number of carbonyl (C=O) groups excluding carboxylic acids is 2. The number of fused-ring (bicyclic) bond motifs is 2. The standard InChI is InChI=1S/C43H42N2O5/c46-40(25-29-8-4-5-9-29)45-23-22-34-20-21-37(50-28-30-14-15-32-12-6-7-13-36(32)24-30)26-38(34)42(45)43(49)44-39(27-41(47)48)35-18-16-33(17-19-35)31-10-2-1-3-11-31/h1-3,6-7,10-21,24,26,29,39,42H,4-5,8-9,22-23,25,27-28H2,(H,44,49)(H,47,48). The van der Waals surface area contributed by atoms with Crippen LogP contribution in [-0.4, -0.2) is 34.3 Å². The van der Waals surface area contributed by atoms with Gasteiger partial charge in [-0.15, -0.1) is 0 Å². The molecule has 7 nitrogen and oxygen atoms in total. The van der Waals surface area contributed by atoms with Gasteiger partial charge in [0.25, 0.3) is 0 Å². The smallest absolute Gasteiger partial charge is 0.305 e. The van der Waals surface area contributed by atoms with Crippen LogP contribution in [0.4, 0.5) is 0 Å². The van der Waals surface area contributed by atoms with E-state index in [1.54, 1.807) is 4.90 Å². The Bertz CT molecular complexity index is 1980. The summed E-state index contributed by atoms with van der Waals surface area (Å²) in [6.07, 6.45) is 5.06. The number of benzene rings is 5. The van der Waals surface area contributed by atoms with E-state index in [4.69, 9.17) is 4.74 Å². The fourth-order valence-electron chi connectivity index (χ4n) is 7.52. The maximum absolute atomic E-state index is 14.4. The van der Waals surface area contributed by atoms with Crippen LogP contribution in [-0.2, 0) is 27.4 Å². The fourth-order valence-corrected chi connectivity index (χ4v) is 7.52. The third-order valence-corrected chi connectivity index (χ3v) is 10.2. The predicted octanol–water partition coefficient (Wildman–Crippen LogP) is 8.42. The van der Waals surface area contributed by atoms with Crippen molar-refractivity contribution in [2.75, 3.05) is 6.54 Å². The molecule has 254 valence electrons. The molecular weight excluding hydrogens is 624 g/mol. The summed E-state index contributed by atoms with van der Waals surface area (Å²) in [5.74, 6) is -0.515. The van der Waals surface area contributed by atoms with Gasteiger partial charge < -0.3 is 20.1 Å². The van der Waals surface area contributed by atoms with E-state index in [1.165, 1.54) is 0 Å². The molecule has 0 radical (unpaired) electrons. The Labute approximate surface area is 292 Å². The van der Waals surface area contributed by atoms with Gasteiger partial charge in [0.1, 0.15) is 18.4 Å². The van der Waals surface area contributed by atoms with Gasteiger partial charge in [-0.1, -0.05) is 110 Å². The van der Waals surface area contributed by atoms with Crippen molar-refractivity contribution in [3.63, 3.8) is 0 Å². The van der Waals surface area contributed by atoms with E-state index in [-0.39, 0.29) is 12.3 Å². The van der Waals surface area contributed by atoms with Crippen molar-refractivity contribution in [2.45, 2.75) is 63.6 Å². The molecule has 1 aliphatic carbocycles. The number of ether oxygens (including phenoxy) is 1. The highest BCUT2D eigenvalue weighted by atomic mass is 16.5. The minimum atomic E-state index is -1.02. The van der Waals surface area contributed by atoms with E-state index in [2.05, 4.69) is 35.6 Å². The summed E-state index contributed by atoms with van der Waals surface area (Å²) in [6.45, 7) is 0.772. The zero-order valence-electron chi connectivity index (χ0n) is 28.1. The molecule has 1 heterocycles. The number of rotatable bonds is 11. The molecule has 0 saturated heterocycles. The third kappa shape index (κ3) is 7.57. The summed E-state index contributed by atoms with van der Waals surface area (Å²) in [6, 6.07) is 36.1. The summed E-state index contributed by atoms with van der Waals surface area (Å²) >= 11 is 0. The zero-order valence-corrected chi connectivity index (χ0v) is 28.1. The minimum absolute atomic E-state index is 0.0350. The molecule has 5 aromatic carbocycles. The largest absolute Gasteiger partial charge is 0.489 e. The molecule has 50 heavy (non-hydrogen) atoms. The first-order chi connectivity index (χ1) is 24.4. The Morgan fingerprint density at radius 1 is 0.800 bits per heavy atom. The molecule has 7 heteroatoms. The second kappa shape index (κ2) is 15.0. The van der Waals surface area contributed by atoms with E-state index in [1.807, 2.05) is 84.9 Å². The Hall–Kier alpha value is -5.43. The highest BCUT2D eigenvalue weighted by molar-refractivity contribution is 5.90. The topological polar surface area (TPSA) is 95.9 Å². The first-order valence-corrected chi connectivity index (χ1v) is 17.6. The van der Waals surface area contributed by atoms with E-state index in [9.17, 15) is 19.5 Å². The molecule has 5 aromatic rings. The number of nitrogens with zero attached hydrogens (tertiary/aromatic N) is 1. The van der Waals surface area contributed by atoms with Gasteiger partial charge in [-0.25, -0.2) is 0 Å². The van der Waals surface area contributed by atoms with Crippen molar-refractivity contribution in [1.82, 2.24) is 10.2 Å². The van der Waals surface area contributed by atoms with Crippen LogP contribution in [0.3, 0.4) is 0 Å². The first kappa shape index (κ1) is 33.1. The van der Waals surface area contributed by atoms with Crippen molar-refractivity contribution >= 4 is 28.6 Å². The molecule has 1 fully saturated rings. The lowest BCUT2D eigenvalue weighted by atomic mass is 9.90. The van der Waals surface area contributed by atoms with Gasteiger partial charge >= 0.3 is 5.97 Å². The first-order valence-electron chi connectivity index (χ1n) is 17.6. The average molecular weight is 667 g/mol. The Balaban J connectivity index is 1.16. The van der Waals surface area contributed by atoms with Crippen LogP contribution >= 0.6 is 0 Å². The van der Waals surface area contributed by atoms with Crippen LogP contribution in [0.25, 0.3) is 21.9 Å². The summed E-state index contributed by atoms with van der Waals surface area (Å²) in [5.41, 5.74) is 5.46. The second-order valence-electron chi connectivity index (χ2n) is 13.6. The summed E-state index contributed by atoms with van der Waals surface area (Å²) < 4.78 is 6.28. The number of hydrogen-bond donors (Lipinski definition) is 2. The zero-order chi connectivity index (χ0) is 34.5. The molecule has 2 N–H and O–H groups in total. The van der Waals surface area contributed by atoms with Gasteiger partial charge in [-0.3, -0.25) is 14.4 Å². The van der Waals surface area contributed by atoms with Crippen LogP contribution in [0.5, 0.6) is 5.75 Å². The highest BCUT2D eigenvalue weighted by Crippen LogP contribution is 2.36. The fraction of sp³-hybridized carbons (Fsp3) is 0.279. The minimum Gasteiger partial charge on any atom is -0.489 e. The Morgan fingerprint density at radius 2 is 1.52 bits per heavy atom. The molecule has 0 spiro atoms. The van der Waals surface area contributed by atoms with Crippen LogP contribution in [0.2, 0.25) is 0 Å². The van der Waals surface area contributed by atoms with E-state index < -0.39 is 24.0 Å². The SMILES string of the molecule is O=C(O)CC(NC(=O)C1c2cc(OCc3ccc4ccccc4c3)ccc2CCN1C(=O)CC1CCCC1)c1ccc(-c2ccccc2)cc1. The maximum atomic E-state index is 14.4. The molecule has 1 aliphatic heterocycles. The number of carbonyl (C=O) groups is 3. The van der Waals surface area contributed by atoms with Crippen LogP contribution in [0.15, 0.2) is 115 Å². The molecule has 2 unspecified atom stereocenters. The molecule has 7 rings (SSSR count). The number of carboxylic acid groups (broad SMARTS) is 1. The molecule has 1 saturated carbocycles. The lowest BCUT2D eigenvalue weighted by molar-refractivity contribution is -0.143. The molecule has 0 bridgehead atoms. The summed E-state index contributed by atoms with van der Waals surface area (Å²) in [4.78, 5) is 42.1. The summed E-state index contributed by atoms with van der Waals surface area (Å²) in [5, 5.41) is 15.2. The van der Waals surface area contributed by atoms with E-state index in [0.29, 0.717) is 43.2 Å². The average Bonchev–Trinajstić information content (AvgIpc) is 3.66. The quantitative estimate of drug-likeness (QED) is 0.148. The van der Waals surface area contributed by atoms with Gasteiger partial charge in [0.15, 0.2) is 0 Å². The molecule has 0 aromatic heterocycles. The lowest BCUT2D eigenvalue weighted by Gasteiger charge is -2.38. The molecular formula is C43H42N2O5. The van der Waals surface area contributed by atoms with Crippen molar-refractivity contribution < 1.29 is 24.2 Å². The van der Waals surface area contributed by atoms with Gasteiger partial charge in [-0.2, -0.15) is 0 Å². The third-order valence-electron chi connectivity index (χ3n) is 10.2. The normalized spacial score (nSPS) is 16.5. The maximum Gasteiger partial charge on any atom is 0.305 e. The Morgan fingerprint density at radius 3 is 2.28 bits per heavy atom. The monoisotopic (exact) mass is 666 g/mol. The summed E-state index contributed by atoms with van der Waals surface area (Å²) in [7, 11) is 0. The van der Waals surface area contributed by atoms with Crippen molar-refractivity contribution in [3.8, 4) is 16.9 Å². The van der Waals surface area contributed by atoms with Crippen molar-refractivity contribution in [3.05, 3.63) is 138 Å². The van der Waals surface area contributed by atoms with Crippen LogP contribution < -0.4 is 10.1 Å². The van der Waals surface area contributed by atoms with Crippen LogP contribution in [0, 0.1) is 5.92 Å². The highest BCUT2D eigenvalue weighted by Gasteiger charge is 2.38. The van der Waals surface area contributed by atoms with Gasteiger partial charge in [0.05, 0.1) is 12.5 Å². The van der Waals surface area contributed by atoms with Crippen molar-refractivity contribution in [2.24, 2.45) is 5.92 Å². The van der Waals surface area contributed by atoms with Crippen molar-refractivity contribution in [1.29, 1.82) is 0 Å². The molecule has 2 amide bonds. The number of amides is 2.